The monoisotopic (exact) mass is 386 g/mol. The minimum absolute atomic E-state index is 0. The summed E-state index contributed by atoms with van der Waals surface area (Å²) in [6, 6.07) is 9.03. The zero-order valence-electron chi connectivity index (χ0n) is 15.8. The van der Waals surface area contributed by atoms with E-state index in [9.17, 15) is 4.79 Å². The molecular formula is C21H27ClN4O. The van der Waals surface area contributed by atoms with E-state index in [0.717, 1.165) is 57.3 Å². The number of hydrogen-bond acceptors (Lipinski definition) is 3. The number of carbonyl (C=O) groups excluding carboxylic acids is 1. The van der Waals surface area contributed by atoms with Crippen LogP contribution in [0.25, 0.3) is 5.69 Å². The Labute approximate surface area is 166 Å². The molecular weight excluding hydrogens is 360 g/mol. The second-order valence-corrected chi connectivity index (χ2v) is 7.92. The molecule has 0 radical (unpaired) electrons. The standard InChI is InChI=1S/C21H26N4O.ClH/c1-14-5-2-3-7-18(14)25-19-8-4-6-17(19)20(23-25)21(26)24-15-9-10-16(24)13-22-12-11-15;/h2-3,5,7,15-16,22H,4,6,8-13H2,1H3;1H. The number of aryl methyl sites for hydroxylation is 1. The van der Waals surface area contributed by atoms with Gasteiger partial charge < -0.3 is 10.2 Å². The largest absolute Gasteiger partial charge is 0.330 e. The van der Waals surface area contributed by atoms with E-state index in [-0.39, 0.29) is 18.3 Å². The second-order valence-electron chi connectivity index (χ2n) is 7.92. The average Bonchev–Trinajstić information content (AvgIpc) is 3.28. The summed E-state index contributed by atoms with van der Waals surface area (Å²) < 4.78 is 2.04. The van der Waals surface area contributed by atoms with Gasteiger partial charge in [-0.1, -0.05) is 18.2 Å². The Balaban J connectivity index is 0.00000180. The van der Waals surface area contributed by atoms with Crippen LogP contribution in [0.5, 0.6) is 0 Å². The highest BCUT2D eigenvalue weighted by molar-refractivity contribution is 5.95. The Morgan fingerprint density at radius 1 is 1.15 bits per heavy atom. The van der Waals surface area contributed by atoms with Gasteiger partial charge in [0, 0.05) is 29.9 Å². The predicted molar refractivity (Wildman–Crippen MR) is 108 cm³/mol. The molecule has 1 amide bonds. The number of hydrogen-bond donors (Lipinski definition) is 1. The normalized spacial score (nSPS) is 23.7. The number of aromatic nitrogens is 2. The van der Waals surface area contributed by atoms with Gasteiger partial charge in [0.1, 0.15) is 0 Å². The van der Waals surface area contributed by atoms with E-state index in [0.29, 0.717) is 17.8 Å². The van der Waals surface area contributed by atoms with Crippen molar-refractivity contribution in [3.05, 3.63) is 46.8 Å². The van der Waals surface area contributed by atoms with Gasteiger partial charge in [0.05, 0.1) is 5.69 Å². The van der Waals surface area contributed by atoms with E-state index in [2.05, 4.69) is 35.3 Å². The number of nitrogens with one attached hydrogen (secondary N) is 1. The molecule has 2 aliphatic heterocycles. The second kappa shape index (κ2) is 7.28. The zero-order valence-corrected chi connectivity index (χ0v) is 16.6. The predicted octanol–water partition coefficient (Wildman–Crippen LogP) is 3.06. The number of rotatable bonds is 2. The molecule has 1 N–H and O–H groups in total. The fraction of sp³-hybridized carbons (Fsp3) is 0.524. The molecule has 0 spiro atoms. The minimum Gasteiger partial charge on any atom is -0.330 e. The maximum atomic E-state index is 13.5. The molecule has 1 aliphatic carbocycles. The Hall–Kier alpha value is -1.85. The molecule has 2 saturated heterocycles. The fourth-order valence-corrected chi connectivity index (χ4v) is 5.05. The molecule has 2 aromatic rings. The molecule has 0 saturated carbocycles. The smallest absolute Gasteiger partial charge is 0.275 e. The van der Waals surface area contributed by atoms with Crippen LogP contribution >= 0.6 is 12.4 Å². The van der Waals surface area contributed by atoms with Crippen LogP contribution in [0.1, 0.15) is 53.0 Å². The molecule has 3 aliphatic rings. The first-order chi connectivity index (χ1) is 12.7. The molecule has 144 valence electrons. The Morgan fingerprint density at radius 3 is 2.81 bits per heavy atom. The van der Waals surface area contributed by atoms with Crippen LogP contribution < -0.4 is 5.32 Å². The first-order valence-corrected chi connectivity index (χ1v) is 9.94. The van der Waals surface area contributed by atoms with Gasteiger partial charge in [-0.3, -0.25) is 4.79 Å². The van der Waals surface area contributed by atoms with Gasteiger partial charge in [0.25, 0.3) is 5.91 Å². The van der Waals surface area contributed by atoms with Crippen LogP contribution in [-0.4, -0.2) is 45.8 Å². The van der Waals surface area contributed by atoms with Crippen LogP contribution in [0.4, 0.5) is 0 Å². The first-order valence-electron chi connectivity index (χ1n) is 9.94. The third kappa shape index (κ3) is 2.97. The van der Waals surface area contributed by atoms with Gasteiger partial charge in [-0.05, 0) is 63.6 Å². The molecule has 2 unspecified atom stereocenters. The van der Waals surface area contributed by atoms with Crippen molar-refractivity contribution in [3.63, 3.8) is 0 Å². The Morgan fingerprint density at radius 2 is 1.96 bits per heavy atom. The quantitative estimate of drug-likeness (QED) is 0.863. The molecule has 5 nitrogen and oxygen atoms in total. The Bertz CT molecular complexity index is 848. The highest BCUT2D eigenvalue weighted by atomic mass is 35.5. The van der Waals surface area contributed by atoms with Crippen LogP contribution in [0, 0.1) is 6.92 Å². The molecule has 2 fully saturated rings. The van der Waals surface area contributed by atoms with E-state index in [4.69, 9.17) is 5.10 Å². The summed E-state index contributed by atoms with van der Waals surface area (Å²) in [5.74, 6) is 0.159. The molecule has 6 heteroatoms. The van der Waals surface area contributed by atoms with E-state index >= 15 is 0 Å². The molecule has 2 bridgehead atoms. The molecule has 1 aromatic carbocycles. The van der Waals surface area contributed by atoms with E-state index in [1.165, 1.54) is 16.8 Å². The summed E-state index contributed by atoms with van der Waals surface area (Å²) in [6.07, 6.45) is 6.42. The van der Waals surface area contributed by atoms with Gasteiger partial charge >= 0.3 is 0 Å². The van der Waals surface area contributed by atoms with Crippen LogP contribution in [0.3, 0.4) is 0 Å². The average molecular weight is 387 g/mol. The summed E-state index contributed by atoms with van der Waals surface area (Å²) >= 11 is 0. The van der Waals surface area contributed by atoms with Gasteiger partial charge in [-0.2, -0.15) is 5.10 Å². The lowest BCUT2D eigenvalue weighted by Crippen LogP contribution is -2.43. The van der Waals surface area contributed by atoms with Crippen molar-refractivity contribution in [2.45, 2.75) is 57.5 Å². The van der Waals surface area contributed by atoms with Crippen molar-refractivity contribution in [1.29, 1.82) is 0 Å². The van der Waals surface area contributed by atoms with E-state index < -0.39 is 0 Å². The lowest BCUT2D eigenvalue weighted by Gasteiger charge is -2.27. The van der Waals surface area contributed by atoms with Crippen LogP contribution in [0.2, 0.25) is 0 Å². The van der Waals surface area contributed by atoms with Gasteiger partial charge in [-0.25, -0.2) is 4.68 Å². The number of fused-ring (bicyclic) bond motifs is 3. The number of carbonyl (C=O) groups is 1. The highest BCUT2D eigenvalue weighted by Crippen LogP contribution is 2.33. The minimum atomic E-state index is 0. The molecule has 3 heterocycles. The molecule has 27 heavy (non-hydrogen) atoms. The summed E-state index contributed by atoms with van der Waals surface area (Å²) in [6.45, 7) is 4.05. The van der Waals surface area contributed by atoms with Crippen LogP contribution in [0.15, 0.2) is 24.3 Å². The fourth-order valence-electron chi connectivity index (χ4n) is 5.05. The first kappa shape index (κ1) is 18.5. The number of benzene rings is 1. The lowest BCUT2D eigenvalue weighted by atomic mass is 10.1. The molecule has 5 rings (SSSR count). The summed E-state index contributed by atoms with van der Waals surface area (Å²) in [5.41, 5.74) is 5.44. The Kier molecular flexibility index (Phi) is 4.99. The number of amides is 1. The molecule has 2 atom stereocenters. The maximum absolute atomic E-state index is 13.5. The van der Waals surface area contributed by atoms with Crippen LogP contribution in [-0.2, 0) is 12.8 Å². The SMILES string of the molecule is Cc1ccccc1-n1nc(C(=O)N2C3CCNCC2CC3)c2c1CCC2.Cl. The van der Waals surface area contributed by atoms with Crippen molar-refractivity contribution < 1.29 is 4.79 Å². The van der Waals surface area contributed by atoms with Crippen molar-refractivity contribution >= 4 is 18.3 Å². The molecule has 1 aromatic heterocycles. The maximum Gasteiger partial charge on any atom is 0.275 e. The highest BCUT2D eigenvalue weighted by Gasteiger charge is 2.41. The number of halogens is 1. The van der Waals surface area contributed by atoms with E-state index in [1.807, 2.05) is 10.7 Å². The summed E-state index contributed by atoms with van der Waals surface area (Å²) in [5, 5.41) is 8.36. The van der Waals surface area contributed by atoms with E-state index in [1.54, 1.807) is 0 Å². The van der Waals surface area contributed by atoms with Crippen molar-refractivity contribution in [1.82, 2.24) is 20.0 Å². The van der Waals surface area contributed by atoms with Gasteiger partial charge in [0.15, 0.2) is 5.69 Å². The summed E-state index contributed by atoms with van der Waals surface area (Å²) in [4.78, 5) is 15.7. The van der Waals surface area contributed by atoms with Crippen molar-refractivity contribution in [3.8, 4) is 5.69 Å². The topological polar surface area (TPSA) is 50.2 Å². The van der Waals surface area contributed by atoms with Gasteiger partial charge in [0.2, 0.25) is 0 Å². The number of para-hydroxylation sites is 1. The lowest BCUT2D eigenvalue weighted by molar-refractivity contribution is 0.0672. The third-order valence-corrected chi connectivity index (χ3v) is 6.37. The van der Waals surface area contributed by atoms with Gasteiger partial charge in [-0.15, -0.1) is 12.4 Å². The number of nitrogens with zero attached hydrogens (tertiary/aromatic N) is 3. The summed E-state index contributed by atoms with van der Waals surface area (Å²) in [7, 11) is 0. The third-order valence-electron chi connectivity index (χ3n) is 6.37. The zero-order chi connectivity index (χ0) is 17.7. The van der Waals surface area contributed by atoms with Crippen molar-refractivity contribution in [2.75, 3.05) is 13.1 Å². The van der Waals surface area contributed by atoms with Crippen molar-refractivity contribution in [2.24, 2.45) is 0 Å².